The molecule has 0 saturated carbocycles. The third-order valence-corrected chi connectivity index (χ3v) is 5.03. The number of amides is 3. The van der Waals surface area contributed by atoms with Crippen molar-refractivity contribution in [2.24, 2.45) is 0 Å². The summed E-state index contributed by atoms with van der Waals surface area (Å²) >= 11 is 1.57. The van der Waals surface area contributed by atoms with Gasteiger partial charge in [0.05, 0.1) is 5.01 Å². The first-order valence-electron chi connectivity index (χ1n) is 7.95. The lowest BCUT2D eigenvalue weighted by Crippen LogP contribution is -2.46. The number of carbonyl (C=O) groups excluding carboxylic acids is 2. The highest BCUT2D eigenvalue weighted by Crippen LogP contribution is 2.21. The fourth-order valence-corrected chi connectivity index (χ4v) is 3.40. The molecule has 1 aliphatic rings. The zero-order valence-electron chi connectivity index (χ0n) is 13.4. The second kappa shape index (κ2) is 7.44. The van der Waals surface area contributed by atoms with Gasteiger partial charge in [-0.05, 0) is 18.6 Å². The average molecular weight is 344 g/mol. The van der Waals surface area contributed by atoms with Crippen molar-refractivity contribution in [3.8, 4) is 0 Å². The molecule has 126 valence electrons. The fraction of sp³-hybridized carbons (Fsp3) is 0.353. The van der Waals surface area contributed by atoms with Gasteiger partial charge in [-0.3, -0.25) is 4.79 Å². The molecule has 24 heavy (non-hydrogen) atoms. The number of anilines is 1. The number of nitrogens with zero attached hydrogens (tertiary/aromatic N) is 2. The van der Waals surface area contributed by atoms with Crippen molar-refractivity contribution in [3.63, 3.8) is 0 Å². The molecule has 3 rings (SSSR count). The van der Waals surface area contributed by atoms with Gasteiger partial charge in [0.2, 0.25) is 5.91 Å². The van der Waals surface area contributed by atoms with Crippen LogP contribution in [0.2, 0.25) is 0 Å². The fourth-order valence-electron chi connectivity index (χ4n) is 2.70. The van der Waals surface area contributed by atoms with E-state index in [1.807, 2.05) is 42.6 Å². The zero-order chi connectivity index (χ0) is 16.9. The van der Waals surface area contributed by atoms with E-state index in [4.69, 9.17) is 0 Å². The molecule has 1 aromatic heterocycles. The lowest BCUT2D eigenvalue weighted by atomic mass is 10.2. The number of hydrogen-bond acceptors (Lipinski definition) is 4. The maximum Gasteiger partial charge on any atom is 0.315 e. The second-order valence-corrected chi connectivity index (χ2v) is 6.72. The predicted molar refractivity (Wildman–Crippen MR) is 94.3 cm³/mol. The summed E-state index contributed by atoms with van der Waals surface area (Å²) in [6, 6.07) is 8.72. The Balaban J connectivity index is 1.49. The smallest absolute Gasteiger partial charge is 0.315 e. The van der Waals surface area contributed by atoms with E-state index in [2.05, 4.69) is 15.6 Å². The van der Waals surface area contributed by atoms with Gasteiger partial charge in [-0.15, -0.1) is 11.3 Å². The summed E-state index contributed by atoms with van der Waals surface area (Å²) in [6.07, 6.45) is 2.37. The first-order valence-corrected chi connectivity index (χ1v) is 8.83. The summed E-state index contributed by atoms with van der Waals surface area (Å²) in [6.45, 7) is 3.11. The summed E-state index contributed by atoms with van der Waals surface area (Å²) in [7, 11) is 0. The van der Waals surface area contributed by atoms with Crippen molar-refractivity contribution in [2.45, 2.75) is 25.3 Å². The van der Waals surface area contributed by atoms with Crippen LogP contribution in [0, 0.1) is 0 Å². The van der Waals surface area contributed by atoms with Gasteiger partial charge >= 0.3 is 6.03 Å². The summed E-state index contributed by atoms with van der Waals surface area (Å²) in [5.74, 6) is 0.0835. The maximum atomic E-state index is 12.4. The molecule has 1 fully saturated rings. The van der Waals surface area contributed by atoms with Gasteiger partial charge in [0.25, 0.3) is 0 Å². The Morgan fingerprint density at radius 2 is 2.21 bits per heavy atom. The number of hydrogen-bond donors (Lipinski definition) is 2. The molecule has 7 heteroatoms. The third kappa shape index (κ3) is 3.73. The van der Waals surface area contributed by atoms with Crippen LogP contribution in [0.25, 0.3) is 0 Å². The molecule has 2 heterocycles. The van der Waals surface area contributed by atoms with E-state index in [-0.39, 0.29) is 17.9 Å². The van der Waals surface area contributed by atoms with Crippen LogP contribution >= 0.6 is 11.3 Å². The number of urea groups is 1. The number of carbonyl (C=O) groups is 2. The van der Waals surface area contributed by atoms with Crippen LogP contribution in [-0.4, -0.2) is 36.1 Å². The number of benzene rings is 1. The summed E-state index contributed by atoms with van der Waals surface area (Å²) in [5, 5.41) is 8.50. The van der Waals surface area contributed by atoms with Crippen molar-refractivity contribution in [1.82, 2.24) is 15.6 Å². The molecule has 2 aromatic rings. The zero-order valence-corrected chi connectivity index (χ0v) is 14.3. The molecular formula is C17H20N4O2S. The van der Waals surface area contributed by atoms with Crippen LogP contribution in [0.15, 0.2) is 41.9 Å². The number of aromatic nitrogens is 1. The average Bonchev–Trinajstić information content (AvgIpc) is 3.25. The van der Waals surface area contributed by atoms with Crippen LogP contribution in [0.4, 0.5) is 10.5 Å². The molecule has 0 aliphatic carbocycles. The van der Waals surface area contributed by atoms with Crippen molar-refractivity contribution in [3.05, 3.63) is 46.9 Å². The van der Waals surface area contributed by atoms with Crippen LogP contribution < -0.4 is 15.5 Å². The van der Waals surface area contributed by atoms with Crippen molar-refractivity contribution >= 4 is 29.0 Å². The molecule has 2 atom stereocenters. The Hall–Kier alpha value is -2.41. The van der Waals surface area contributed by atoms with Crippen LogP contribution in [-0.2, 0) is 4.79 Å². The largest absolute Gasteiger partial charge is 0.337 e. The quantitative estimate of drug-likeness (QED) is 0.874. The van der Waals surface area contributed by atoms with E-state index in [1.54, 1.807) is 22.4 Å². The topological polar surface area (TPSA) is 74.3 Å². The van der Waals surface area contributed by atoms with Gasteiger partial charge in [0.1, 0.15) is 6.04 Å². The molecule has 6 nitrogen and oxygen atoms in total. The molecule has 0 radical (unpaired) electrons. The molecule has 0 spiro atoms. The summed E-state index contributed by atoms with van der Waals surface area (Å²) < 4.78 is 0. The number of nitrogens with one attached hydrogen (secondary N) is 2. The summed E-state index contributed by atoms with van der Waals surface area (Å²) in [4.78, 5) is 30.4. The molecule has 3 amide bonds. The molecule has 1 aliphatic heterocycles. The monoisotopic (exact) mass is 344 g/mol. The minimum Gasteiger partial charge on any atom is -0.337 e. The van der Waals surface area contributed by atoms with E-state index >= 15 is 0 Å². The van der Waals surface area contributed by atoms with Gasteiger partial charge in [0, 0.05) is 36.3 Å². The minimum absolute atomic E-state index is 0.0654. The first-order chi connectivity index (χ1) is 11.6. The van der Waals surface area contributed by atoms with Gasteiger partial charge in [-0.2, -0.15) is 0 Å². The van der Waals surface area contributed by atoms with Gasteiger partial charge in [0.15, 0.2) is 0 Å². The Morgan fingerprint density at radius 3 is 2.92 bits per heavy atom. The Kier molecular flexibility index (Phi) is 5.10. The van der Waals surface area contributed by atoms with Crippen LogP contribution in [0.1, 0.15) is 24.3 Å². The van der Waals surface area contributed by atoms with E-state index < -0.39 is 6.04 Å². The van der Waals surface area contributed by atoms with Crippen LogP contribution in [0.5, 0.6) is 0 Å². The number of para-hydroxylation sites is 1. The van der Waals surface area contributed by atoms with Crippen molar-refractivity contribution in [2.75, 3.05) is 18.0 Å². The van der Waals surface area contributed by atoms with E-state index in [1.165, 1.54) is 0 Å². The highest BCUT2D eigenvalue weighted by molar-refractivity contribution is 7.09. The van der Waals surface area contributed by atoms with E-state index in [0.29, 0.717) is 19.5 Å². The number of thiazole rings is 1. The molecule has 0 bridgehead atoms. The highest BCUT2D eigenvalue weighted by atomic mass is 32.1. The SMILES string of the molecule is C[C@H](CNC(=O)N[C@H]1CCN(c2ccccc2)C1=O)c1nccs1. The maximum absolute atomic E-state index is 12.4. The van der Waals surface area contributed by atoms with E-state index in [0.717, 1.165) is 10.7 Å². The lowest BCUT2D eigenvalue weighted by molar-refractivity contribution is -0.118. The number of rotatable bonds is 5. The standard InChI is InChI=1S/C17H20N4O2S/c1-12(15-18-8-10-24-15)11-19-17(23)20-14-7-9-21(16(14)22)13-5-3-2-4-6-13/h2-6,8,10,12,14H,7,9,11H2,1H3,(H2,19,20,23)/t12-,14+/m1/s1. The molecule has 2 N–H and O–H groups in total. The first kappa shape index (κ1) is 16.4. The molecule has 1 aromatic carbocycles. The molecule has 1 saturated heterocycles. The van der Waals surface area contributed by atoms with E-state index in [9.17, 15) is 9.59 Å². The molecule has 0 unspecified atom stereocenters. The Bertz CT molecular complexity index is 690. The van der Waals surface area contributed by atoms with Gasteiger partial charge in [-0.1, -0.05) is 25.1 Å². The lowest BCUT2D eigenvalue weighted by Gasteiger charge is -2.17. The second-order valence-electron chi connectivity index (χ2n) is 5.79. The van der Waals surface area contributed by atoms with Crippen LogP contribution in [0.3, 0.4) is 0 Å². The summed E-state index contributed by atoms with van der Waals surface area (Å²) in [5.41, 5.74) is 0.865. The third-order valence-electron chi connectivity index (χ3n) is 4.02. The Labute approximate surface area is 144 Å². The Morgan fingerprint density at radius 1 is 1.42 bits per heavy atom. The highest BCUT2D eigenvalue weighted by Gasteiger charge is 2.33. The predicted octanol–water partition coefficient (Wildman–Crippen LogP) is 2.35. The minimum atomic E-state index is -0.472. The normalized spacial score (nSPS) is 18.5. The van der Waals surface area contributed by atoms with Crippen molar-refractivity contribution in [1.29, 1.82) is 0 Å². The van der Waals surface area contributed by atoms with Gasteiger partial charge in [-0.25, -0.2) is 9.78 Å². The van der Waals surface area contributed by atoms with Crippen molar-refractivity contribution < 1.29 is 9.59 Å². The van der Waals surface area contributed by atoms with Gasteiger partial charge < -0.3 is 15.5 Å². The molecular weight excluding hydrogens is 324 g/mol.